The van der Waals surface area contributed by atoms with Crippen molar-refractivity contribution in [2.45, 2.75) is 32.9 Å². The van der Waals surface area contributed by atoms with Crippen molar-refractivity contribution in [3.8, 4) is 0 Å². The summed E-state index contributed by atoms with van der Waals surface area (Å²) in [5.41, 5.74) is 0. The molecule has 0 saturated heterocycles. The summed E-state index contributed by atoms with van der Waals surface area (Å²) in [6.45, 7) is 6.55. The van der Waals surface area contributed by atoms with Gasteiger partial charge in [0.25, 0.3) is 0 Å². The molecule has 9 heavy (non-hydrogen) atoms. The SMILES string of the molecule is CC1=[N+](C)C(C)C(C)N1. The van der Waals surface area contributed by atoms with Gasteiger partial charge in [0.1, 0.15) is 12.1 Å². The number of nitrogens with one attached hydrogen (secondary N) is 1. The molecule has 0 radical (unpaired) electrons. The maximum absolute atomic E-state index is 3.36. The first-order valence-corrected chi connectivity index (χ1v) is 3.46. The fraction of sp³-hybridized carbons (Fsp3) is 0.857. The van der Waals surface area contributed by atoms with Crippen molar-refractivity contribution in [2.24, 2.45) is 0 Å². The zero-order valence-corrected chi connectivity index (χ0v) is 6.60. The minimum atomic E-state index is 0.606. The topological polar surface area (TPSA) is 15.0 Å². The van der Waals surface area contributed by atoms with Crippen molar-refractivity contribution >= 4 is 5.84 Å². The van der Waals surface area contributed by atoms with Crippen LogP contribution >= 0.6 is 0 Å². The Morgan fingerprint density at radius 1 is 1.44 bits per heavy atom. The second-order valence-corrected chi connectivity index (χ2v) is 2.87. The van der Waals surface area contributed by atoms with Gasteiger partial charge in [0.05, 0.1) is 7.05 Å². The number of hydrogen-bond donors (Lipinski definition) is 1. The fourth-order valence-electron chi connectivity index (χ4n) is 1.19. The molecule has 1 N–H and O–H groups in total. The molecular formula is C7H15N2+. The minimum Gasteiger partial charge on any atom is -0.272 e. The first-order valence-electron chi connectivity index (χ1n) is 3.46. The van der Waals surface area contributed by atoms with Gasteiger partial charge >= 0.3 is 0 Å². The van der Waals surface area contributed by atoms with E-state index in [1.54, 1.807) is 0 Å². The number of nitrogens with zero attached hydrogens (tertiary/aromatic N) is 1. The van der Waals surface area contributed by atoms with Crippen LogP contribution in [0.25, 0.3) is 0 Å². The van der Waals surface area contributed by atoms with Crippen molar-refractivity contribution in [2.75, 3.05) is 7.05 Å². The number of rotatable bonds is 0. The van der Waals surface area contributed by atoms with E-state index in [-0.39, 0.29) is 0 Å². The Balaban J connectivity index is 2.74. The lowest BCUT2D eigenvalue weighted by molar-refractivity contribution is -0.527. The summed E-state index contributed by atoms with van der Waals surface area (Å²) >= 11 is 0. The maximum atomic E-state index is 3.36. The number of likely N-dealkylation sites (N-methyl/N-ethyl adjacent to an activating group) is 1. The normalized spacial score (nSPS) is 35.1. The molecule has 0 saturated carbocycles. The van der Waals surface area contributed by atoms with Gasteiger partial charge in [0.15, 0.2) is 0 Å². The van der Waals surface area contributed by atoms with Gasteiger partial charge in [-0.15, -0.1) is 0 Å². The van der Waals surface area contributed by atoms with Crippen LogP contribution < -0.4 is 5.32 Å². The largest absolute Gasteiger partial charge is 0.272 e. The predicted octanol–water partition coefficient (Wildman–Crippen LogP) is 0.427. The van der Waals surface area contributed by atoms with Gasteiger partial charge in [-0.2, -0.15) is 0 Å². The molecule has 2 heteroatoms. The standard InChI is InChI=1S/C7H14N2/c1-5-6(2)9(4)7(3)8-5/h5-6H,1-4H3/p+1. The van der Waals surface area contributed by atoms with E-state index in [1.165, 1.54) is 5.84 Å². The Hall–Kier alpha value is -0.530. The lowest BCUT2D eigenvalue weighted by Crippen LogP contribution is -2.30. The molecule has 1 aliphatic rings. The summed E-state index contributed by atoms with van der Waals surface area (Å²) < 4.78 is 2.27. The molecule has 0 bridgehead atoms. The summed E-state index contributed by atoms with van der Waals surface area (Å²) in [6, 6.07) is 1.25. The van der Waals surface area contributed by atoms with E-state index in [9.17, 15) is 0 Å². The van der Waals surface area contributed by atoms with E-state index in [0.29, 0.717) is 12.1 Å². The van der Waals surface area contributed by atoms with Crippen molar-refractivity contribution in [1.29, 1.82) is 0 Å². The minimum absolute atomic E-state index is 0.606. The van der Waals surface area contributed by atoms with Crippen molar-refractivity contribution < 1.29 is 4.58 Å². The van der Waals surface area contributed by atoms with Crippen molar-refractivity contribution in [1.82, 2.24) is 5.32 Å². The maximum Gasteiger partial charge on any atom is 0.241 e. The molecule has 0 aromatic carbocycles. The van der Waals surface area contributed by atoms with E-state index in [2.05, 4.69) is 37.7 Å². The Morgan fingerprint density at radius 2 is 2.00 bits per heavy atom. The first kappa shape index (κ1) is 6.59. The lowest BCUT2D eigenvalue weighted by atomic mass is 10.2. The van der Waals surface area contributed by atoms with Crippen LogP contribution in [0.1, 0.15) is 20.8 Å². The smallest absolute Gasteiger partial charge is 0.241 e. The molecule has 0 spiro atoms. The van der Waals surface area contributed by atoms with Crippen molar-refractivity contribution in [3.63, 3.8) is 0 Å². The molecule has 0 aliphatic carbocycles. The molecule has 0 amide bonds. The molecule has 1 aliphatic heterocycles. The van der Waals surface area contributed by atoms with E-state index < -0.39 is 0 Å². The highest BCUT2D eigenvalue weighted by Gasteiger charge is 2.28. The second-order valence-electron chi connectivity index (χ2n) is 2.87. The summed E-state index contributed by atoms with van der Waals surface area (Å²) in [5, 5.41) is 3.36. The third kappa shape index (κ3) is 0.934. The van der Waals surface area contributed by atoms with Gasteiger partial charge in [0, 0.05) is 6.92 Å². The van der Waals surface area contributed by atoms with Crippen LogP contribution in [-0.2, 0) is 0 Å². The third-order valence-corrected chi connectivity index (χ3v) is 2.30. The van der Waals surface area contributed by atoms with Crippen LogP contribution in [0, 0.1) is 0 Å². The van der Waals surface area contributed by atoms with Crippen molar-refractivity contribution in [3.05, 3.63) is 0 Å². The third-order valence-electron chi connectivity index (χ3n) is 2.30. The molecule has 2 nitrogen and oxygen atoms in total. The van der Waals surface area contributed by atoms with Crippen LogP contribution in [0.5, 0.6) is 0 Å². The average molecular weight is 127 g/mol. The van der Waals surface area contributed by atoms with Gasteiger partial charge in [-0.05, 0) is 13.8 Å². The van der Waals surface area contributed by atoms with Crippen LogP contribution in [0.3, 0.4) is 0 Å². The van der Waals surface area contributed by atoms with E-state index in [0.717, 1.165) is 0 Å². The van der Waals surface area contributed by atoms with Gasteiger partial charge in [-0.3, -0.25) is 9.89 Å². The van der Waals surface area contributed by atoms with E-state index in [4.69, 9.17) is 0 Å². The molecule has 1 rings (SSSR count). The molecular weight excluding hydrogens is 112 g/mol. The van der Waals surface area contributed by atoms with Gasteiger partial charge in [-0.25, -0.2) is 0 Å². The van der Waals surface area contributed by atoms with Gasteiger partial charge < -0.3 is 0 Å². The molecule has 0 aromatic heterocycles. The monoisotopic (exact) mass is 127 g/mol. The predicted molar refractivity (Wildman–Crippen MR) is 38.9 cm³/mol. The molecule has 0 aromatic rings. The Morgan fingerprint density at radius 3 is 2.11 bits per heavy atom. The van der Waals surface area contributed by atoms with Gasteiger partial charge in [-0.1, -0.05) is 0 Å². The van der Waals surface area contributed by atoms with Crippen LogP contribution in [0.15, 0.2) is 0 Å². The quantitative estimate of drug-likeness (QED) is 0.466. The lowest BCUT2D eigenvalue weighted by Gasteiger charge is -2.04. The number of amidine groups is 1. The molecule has 0 fully saturated rings. The molecule has 2 atom stereocenters. The van der Waals surface area contributed by atoms with Crippen LogP contribution in [0.2, 0.25) is 0 Å². The fourth-order valence-corrected chi connectivity index (χ4v) is 1.19. The molecule has 2 unspecified atom stereocenters. The highest BCUT2D eigenvalue weighted by Crippen LogP contribution is 2.02. The van der Waals surface area contributed by atoms with E-state index >= 15 is 0 Å². The summed E-state index contributed by atoms with van der Waals surface area (Å²) in [5.74, 6) is 1.29. The Kier molecular flexibility index (Phi) is 1.47. The zero-order valence-electron chi connectivity index (χ0n) is 6.60. The van der Waals surface area contributed by atoms with Crippen LogP contribution in [0.4, 0.5) is 0 Å². The van der Waals surface area contributed by atoms with E-state index in [1.807, 2.05) is 0 Å². The molecule has 52 valence electrons. The van der Waals surface area contributed by atoms with Crippen LogP contribution in [-0.4, -0.2) is 29.5 Å². The van der Waals surface area contributed by atoms with Gasteiger partial charge in [0.2, 0.25) is 5.84 Å². The number of hydrogen-bond acceptors (Lipinski definition) is 1. The zero-order chi connectivity index (χ0) is 7.02. The Bertz CT molecular complexity index is 149. The Labute approximate surface area is 56.6 Å². The highest BCUT2D eigenvalue weighted by atomic mass is 15.2. The molecule has 1 heterocycles. The summed E-state index contributed by atoms with van der Waals surface area (Å²) in [4.78, 5) is 0. The summed E-state index contributed by atoms with van der Waals surface area (Å²) in [7, 11) is 2.12. The highest BCUT2D eigenvalue weighted by molar-refractivity contribution is 5.75. The second kappa shape index (κ2) is 2.01. The summed E-state index contributed by atoms with van der Waals surface area (Å²) in [6.07, 6.45) is 0. The average Bonchev–Trinajstić information content (AvgIpc) is 1.98. The first-order chi connectivity index (χ1) is 4.13.